The van der Waals surface area contributed by atoms with Gasteiger partial charge in [-0.2, -0.15) is 10.5 Å². The first kappa shape index (κ1) is 82.8. The summed E-state index contributed by atoms with van der Waals surface area (Å²) in [5.41, 5.74) is 44.3. The molecule has 136 heavy (non-hydrogen) atoms. The summed E-state index contributed by atoms with van der Waals surface area (Å²) in [6, 6.07) is 149. The summed E-state index contributed by atoms with van der Waals surface area (Å²) in [6.07, 6.45) is 4.09. The molecule has 644 valence electrons. The van der Waals surface area contributed by atoms with Crippen LogP contribution < -0.4 is 0 Å². The van der Waals surface area contributed by atoms with Gasteiger partial charge in [0.05, 0.1) is 91.2 Å². The highest BCUT2D eigenvalue weighted by Gasteiger charge is 2.27. The summed E-state index contributed by atoms with van der Waals surface area (Å²) in [6.45, 7) is 17.4. The molecule has 0 saturated heterocycles. The van der Waals surface area contributed by atoms with Crippen molar-refractivity contribution < 1.29 is 0 Å². The zero-order valence-electron chi connectivity index (χ0n) is 76.8. The molecule has 8 nitrogen and oxygen atoms in total. The van der Waals surface area contributed by atoms with Gasteiger partial charge in [-0.1, -0.05) is 291 Å². The number of fused-ring (bicyclic) bond motifs is 12. The highest BCUT2D eigenvalue weighted by Crippen LogP contribution is 2.48. The van der Waals surface area contributed by atoms with Crippen molar-refractivity contribution in [2.75, 3.05) is 0 Å². The van der Waals surface area contributed by atoms with Gasteiger partial charge in [0.2, 0.25) is 0 Å². The van der Waals surface area contributed by atoms with Gasteiger partial charge in [-0.05, 0) is 309 Å². The van der Waals surface area contributed by atoms with Crippen LogP contribution in [0.4, 0.5) is 0 Å². The van der Waals surface area contributed by atoms with E-state index in [1.54, 1.807) is 0 Å². The minimum absolute atomic E-state index is 0.598. The zero-order valence-corrected chi connectivity index (χ0v) is 76.8. The molecule has 0 aliphatic heterocycles. The van der Waals surface area contributed by atoms with Gasteiger partial charge in [0.25, 0.3) is 0 Å². The first-order chi connectivity index (χ1) is 66.6. The number of hydrogen-bond acceptors (Lipinski definition) is 4. The average molecular weight is 1740 g/mol. The third-order valence-electron chi connectivity index (χ3n) is 28.0. The van der Waals surface area contributed by atoms with Crippen LogP contribution >= 0.6 is 0 Å². The van der Waals surface area contributed by atoms with Gasteiger partial charge in [0.1, 0.15) is 11.6 Å². The minimum Gasteiger partial charge on any atom is -0.307 e. The van der Waals surface area contributed by atoms with Crippen molar-refractivity contribution in [3.05, 3.63) is 468 Å². The van der Waals surface area contributed by atoms with E-state index in [9.17, 15) is 10.5 Å². The normalized spacial score (nSPS) is 11.5. The molecular formula is C128H92N8. The summed E-state index contributed by atoms with van der Waals surface area (Å²) in [5, 5.41) is 29.8. The molecule has 24 rings (SSSR count). The molecule has 0 aliphatic rings. The summed E-state index contributed by atoms with van der Waals surface area (Å²) >= 11 is 0. The third kappa shape index (κ3) is 14.4. The lowest BCUT2D eigenvalue weighted by molar-refractivity contribution is 1.06. The van der Waals surface area contributed by atoms with E-state index >= 15 is 0 Å². The molecule has 0 atom stereocenters. The highest BCUT2D eigenvalue weighted by atomic mass is 15.1. The first-order valence-corrected chi connectivity index (χ1v) is 46.5. The highest BCUT2D eigenvalue weighted by molar-refractivity contribution is 6.16. The van der Waals surface area contributed by atoms with Crippen LogP contribution in [-0.4, -0.2) is 28.2 Å². The number of aryl methyl sites for hydroxylation is 8. The summed E-state index contributed by atoms with van der Waals surface area (Å²) in [7, 11) is 0. The molecule has 0 amide bonds. The van der Waals surface area contributed by atoms with E-state index in [2.05, 4.69) is 456 Å². The van der Waals surface area contributed by atoms with Crippen LogP contribution in [0.1, 0.15) is 55.6 Å². The predicted octanol–water partition coefficient (Wildman–Crippen LogP) is 33.4. The second-order valence-corrected chi connectivity index (χ2v) is 36.2. The van der Waals surface area contributed by atoms with E-state index in [1.807, 2.05) is 42.6 Å². The average Bonchev–Trinajstić information content (AvgIpc) is 1.57. The predicted molar refractivity (Wildman–Crippen MR) is 568 cm³/mol. The number of nitrogens with zero attached hydrogens (tertiary/aromatic N) is 8. The van der Waals surface area contributed by atoms with Gasteiger partial charge in [-0.15, -0.1) is 0 Å². The lowest BCUT2D eigenvalue weighted by Crippen LogP contribution is -2.04. The van der Waals surface area contributed by atoms with Crippen LogP contribution in [0.25, 0.3) is 222 Å². The van der Waals surface area contributed by atoms with Gasteiger partial charge in [-0.25, -0.2) is 9.97 Å². The van der Waals surface area contributed by atoms with E-state index in [-0.39, 0.29) is 0 Å². The Labute approximate surface area is 790 Å². The molecule has 0 spiro atoms. The van der Waals surface area contributed by atoms with Crippen LogP contribution in [0.3, 0.4) is 0 Å². The van der Waals surface area contributed by atoms with Crippen molar-refractivity contribution in [3.63, 3.8) is 0 Å². The molecule has 0 radical (unpaired) electrons. The Balaban J connectivity index is 0.000000153. The Hall–Kier alpha value is -17.6. The fourth-order valence-corrected chi connectivity index (χ4v) is 21.1. The van der Waals surface area contributed by atoms with Gasteiger partial charge in [0.15, 0.2) is 0 Å². The number of hydrogen-bond donors (Lipinski definition) is 0. The van der Waals surface area contributed by atoms with E-state index in [0.717, 1.165) is 155 Å². The summed E-state index contributed by atoms with van der Waals surface area (Å²) < 4.78 is 9.42. The molecule has 0 saturated carbocycles. The van der Waals surface area contributed by atoms with Crippen molar-refractivity contribution in [2.24, 2.45) is 0 Å². The second kappa shape index (κ2) is 34.0. The molecule has 0 bridgehead atoms. The first-order valence-electron chi connectivity index (χ1n) is 46.5. The van der Waals surface area contributed by atoms with Gasteiger partial charge < -0.3 is 9.13 Å². The standard InChI is InChI=1S/2C64H46N4/c1-40-14-5-9-20-50(40)46-24-28-59-55(33-46)56-34-47(51-21-10-6-15-41(51)2)25-29-60(56)67(59)63-39-66-64(37-54(63)45-19-13-18-44(32-45)38-65)68-61-30-26-48(52-22-11-7-16-42(52)3)35-57(61)58-36-49(27-31-62(58)68)53-23-12-8-17-43(53)4;1-40-14-5-9-20-50(40)46-24-28-54-55-29-25-47(51-21-10-6-15-41(51)2)34-60(55)67(59(54)33-46)63-39-66-64(37-58(63)45-19-13-18-44(32-45)38-65)68-61-35-48(52-22-11-7-16-42(52)3)26-30-56(61)57-31-27-49(36-62(57)68)53-23-12-8-17-43(53)4/h2*5-37,39H,1-4H3. The number of benzene rings is 18. The van der Waals surface area contributed by atoms with E-state index in [4.69, 9.17) is 9.97 Å². The summed E-state index contributed by atoms with van der Waals surface area (Å²) in [5.74, 6) is 1.58. The topological polar surface area (TPSA) is 93.1 Å². The van der Waals surface area contributed by atoms with Crippen LogP contribution in [0.2, 0.25) is 0 Å². The Morgan fingerprint density at radius 3 is 0.647 bits per heavy atom. The Morgan fingerprint density at radius 2 is 0.390 bits per heavy atom. The Morgan fingerprint density at radius 1 is 0.176 bits per heavy atom. The van der Waals surface area contributed by atoms with Crippen molar-refractivity contribution in [3.8, 4) is 146 Å². The smallest absolute Gasteiger partial charge is 0.138 e. The SMILES string of the molecule is Cc1ccccc1-c1ccc2c(c1)c1cc(-c3ccccc3C)ccc1n2-c1cc(-c2cccc(C#N)c2)c(-n2c3ccc(-c4ccccc4C)cc3c3cc(-c4ccccc4C)ccc32)cn1.Cc1ccccc1-c1ccc2c3ccc(-c4ccccc4C)cc3n(-c3cc(-c4cccc(C#N)c4)c(-n4c5cc(-c6ccccc6C)ccc5c5ccc(-c6ccccc6C)cc54)cn3)c2c1. The van der Waals surface area contributed by atoms with E-state index in [0.29, 0.717) is 11.1 Å². The van der Waals surface area contributed by atoms with Crippen LogP contribution in [0.15, 0.2) is 413 Å². The number of rotatable bonds is 14. The van der Waals surface area contributed by atoms with Crippen LogP contribution in [0, 0.1) is 78.1 Å². The fourth-order valence-electron chi connectivity index (χ4n) is 21.1. The largest absolute Gasteiger partial charge is 0.307 e. The van der Waals surface area contributed by atoms with E-state index < -0.39 is 0 Å². The lowest BCUT2D eigenvalue weighted by atomic mass is 9.97. The molecule has 0 unspecified atom stereocenters. The molecular weight excluding hydrogens is 1650 g/mol. The zero-order chi connectivity index (χ0) is 92.1. The molecule has 24 aromatic rings. The molecule has 18 aromatic carbocycles. The molecule has 0 aliphatic carbocycles. The number of nitriles is 2. The van der Waals surface area contributed by atoms with Gasteiger partial charge in [-0.3, -0.25) is 9.13 Å². The van der Waals surface area contributed by atoms with E-state index in [1.165, 1.54) is 111 Å². The fraction of sp³-hybridized carbons (Fsp3) is 0.0625. The van der Waals surface area contributed by atoms with Crippen molar-refractivity contribution >= 4 is 87.2 Å². The Kier molecular flexibility index (Phi) is 20.7. The maximum Gasteiger partial charge on any atom is 0.138 e. The molecule has 0 N–H and O–H groups in total. The quantitative estimate of drug-likeness (QED) is 0.108. The van der Waals surface area contributed by atoms with Gasteiger partial charge in [0, 0.05) is 54.2 Å². The second-order valence-electron chi connectivity index (χ2n) is 36.2. The van der Waals surface area contributed by atoms with Crippen molar-refractivity contribution in [1.82, 2.24) is 28.2 Å². The van der Waals surface area contributed by atoms with Crippen LogP contribution in [-0.2, 0) is 0 Å². The Bertz CT molecular complexity index is 8730. The molecule has 0 fully saturated rings. The lowest BCUT2D eigenvalue weighted by Gasteiger charge is -2.18. The molecule has 6 aromatic heterocycles. The number of pyridine rings is 2. The maximum absolute atomic E-state index is 10.3. The van der Waals surface area contributed by atoms with Crippen LogP contribution in [0.5, 0.6) is 0 Å². The molecule has 8 heteroatoms. The van der Waals surface area contributed by atoms with Crippen molar-refractivity contribution in [2.45, 2.75) is 55.4 Å². The minimum atomic E-state index is 0.598. The summed E-state index contributed by atoms with van der Waals surface area (Å²) in [4.78, 5) is 11.0. The maximum atomic E-state index is 10.3. The molecule has 6 heterocycles. The third-order valence-corrected chi connectivity index (χ3v) is 28.0. The number of aromatic nitrogens is 6. The van der Waals surface area contributed by atoms with Crippen molar-refractivity contribution in [1.29, 1.82) is 10.5 Å². The monoisotopic (exact) mass is 1740 g/mol. The van der Waals surface area contributed by atoms with Gasteiger partial charge >= 0.3 is 0 Å².